The summed E-state index contributed by atoms with van der Waals surface area (Å²) in [7, 11) is 2.01. The molecule has 2 aromatic heterocycles. The second kappa shape index (κ2) is 6.69. The molecule has 6 nitrogen and oxygen atoms in total. The molecule has 1 atom stereocenters. The molecular weight excluding hydrogens is 302 g/mol. The van der Waals surface area contributed by atoms with Gasteiger partial charge in [0.1, 0.15) is 0 Å². The zero-order valence-electron chi connectivity index (χ0n) is 14.7. The topological polar surface area (TPSA) is 48.1 Å². The molecule has 1 saturated carbocycles. The lowest BCUT2D eigenvalue weighted by atomic mass is 10.1. The van der Waals surface area contributed by atoms with E-state index in [0.717, 1.165) is 45.2 Å². The molecule has 0 N–H and O–H groups in total. The Morgan fingerprint density at radius 2 is 2.08 bits per heavy atom. The van der Waals surface area contributed by atoms with Crippen molar-refractivity contribution in [3.63, 3.8) is 0 Å². The average Bonchev–Trinajstić information content (AvgIpc) is 3.26. The fourth-order valence-electron chi connectivity index (χ4n) is 3.43. The Morgan fingerprint density at radius 3 is 2.83 bits per heavy atom. The maximum atomic E-state index is 6.04. The molecule has 130 valence electrons. The summed E-state index contributed by atoms with van der Waals surface area (Å²) in [5, 5.41) is 8.86. The molecule has 24 heavy (non-hydrogen) atoms. The zero-order valence-corrected chi connectivity index (χ0v) is 14.7. The summed E-state index contributed by atoms with van der Waals surface area (Å²) in [4.78, 5) is 2.54. The van der Waals surface area contributed by atoms with Crippen LogP contribution in [-0.2, 0) is 31.4 Å². The van der Waals surface area contributed by atoms with Crippen molar-refractivity contribution < 1.29 is 4.74 Å². The minimum Gasteiger partial charge on any atom is -0.380 e. The zero-order chi connectivity index (χ0) is 16.5. The van der Waals surface area contributed by atoms with Gasteiger partial charge >= 0.3 is 0 Å². The number of hydrogen-bond acceptors (Lipinski definition) is 4. The number of fused-ring (bicyclic) bond motifs is 1. The highest BCUT2D eigenvalue weighted by molar-refractivity contribution is 5.16. The van der Waals surface area contributed by atoms with Gasteiger partial charge in [-0.25, -0.2) is 0 Å². The SMILES string of the molecule is Cc1c(CN2Cc3ccnn3CCC2COCC2CC2)cnn1C. The van der Waals surface area contributed by atoms with E-state index in [0.29, 0.717) is 6.04 Å². The van der Waals surface area contributed by atoms with E-state index in [9.17, 15) is 0 Å². The van der Waals surface area contributed by atoms with Gasteiger partial charge in [-0.3, -0.25) is 14.3 Å². The van der Waals surface area contributed by atoms with Crippen molar-refractivity contribution >= 4 is 0 Å². The Labute approximate surface area is 143 Å². The minimum absolute atomic E-state index is 0.435. The van der Waals surface area contributed by atoms with Crippen molar-refractivity contribution in [3.05, 3.63) is 35.4 Å². The molecule has 3 heterocycles. The molecule has 0 radical (unpaired) electrons. The van der Waals surface area contributed by atoms with Crippen LogP contribution in [0.2, 0.25) is 0 Å². The number of aryl methyl sites for hydroxylation is 2. The summed E-state index contributed by atoms with van der Waals surface area (Å²) in [6.07, 6.45) is 7.68. The summed E-state index contributed by atoms with van der Waals surface area (Å²) in [6.45, 7) is 6.71. The first kappa shape index (κ1) is 15.8. The van der Waals surface area contributed by atoms with E-state index in [1.54, 1.807) is 0 Å². The third-order valence-electron chi connectivity index (χ3n) is 5.43. The molecule has 0 spiro atoms. The van der Waals surface area contributed by atoms with Gasteiger partial charge in [0.15, 0.2) is 0 Å². The van der Waals surface area contributed by atoms with Crippen LogP contribution >= 0.6 is 0 Å². The van der Waals surface area contributed by atoms with Crippen molar-refractivity contribution in [2.45, 2.75) is 51.9 Å². The molecule has 1 unspecified atom stereocenters. The lowest BCUT2D eigenvalue weighted by Gasteiger charge is -2.29. The van der Waals surface area contributed by atoms with E-state index in [2.05, 4.69) is 32.8 Å². The van der Waals surface area contributed by atoms with Crippen LogP contribution in [0.5, 0.6) is 0 Å². The van der Waals surface area contributed by atoms with E-state index in [4.69, 9.17) is 4.74 Å². The van der Waals surface area contributed by atoms with Crippen LogP contribution in [0.4, 0.5) is 0 Å². The third-order valence-corrected chi connectivity index (χ3v) is 5.43. The quantitative estimate of drug-likeness (QED) is 0.814. The van der Waals surface area contributed by atoms with E-state index in [1.165, 1.54) is 29.8 Å². The van der Waals surface area contributed by atoms with Crippen LogP contribution in [0.3, 0.4) is 0 Å². The van der Waals surface area contributed by atoms with Crippen molar-refractivity contribution in [3.8, 4) is 0 Å². The number of ether oxygens (including phenoxy) is 1. The number of hydrogen-bond donors (Lipinski definition) is 0. The average molecular weight is 329 g/mol. The largest absolute Gasteiger partial charge is 0.380 e. The Balaban J connectivity index is 1.48. The van der Waals surface area contributed by atoms with Crippen molar-refractivity contribution in [2.75, 3.05) is 13.2 Å². The van der Waals surface area contributed by atoms with Gasteiger partial charge in [0.05, 0.1) is 18.5 Å². The maximum absolute atomic E-state index is 6.04. The van der Waals surface area contributed by atoms with Gasteiger partial charge in [0.2, 0.25) is 0 Å². The molecule has 6 heteroatoms. The highest BCUT2D eigenvalue weighted by Gasteiger charge is 2.27. The molecule has 1 aliphatic carbocycles. The Kier molecular flexibility index (Phi) is 4.41. The van der Waals surface area contributed by atoms with E-state index < -0.39 is 0 Å². The van der Waals surface area contributed by atoms with E-state index in [1.807, 2.05) is 24.1 Å². The highest BCUT2D eigenvalue weighted by atomic mass is 16.5. The fraction of sp³-hybridized carbons (Fsp3) is 0.667. The molecular formula is C18H27N5O. The van der Waals surface area contributed by atoms with Crippen LogP contribution in [0, 0.1) is 12.8 Å². The standard InChI is InChI=1S/C18H27N5O/c1-14-16(9-20-21(14)2)10-22-11-17-5-7-19-23(17)8-6-18(22)13-24-12-15-3-4-15/h5,7,9,15,18H,3-4,6,8,10-13H2,1-2H3. The maximum Gasteiger partial charge on any atom is 0.0622 e. The van der Waals surface area contributed by atoms with Crippen LogP contribution in [0.15, 0.2) is 18.5 Å². The second-order valence-electron chi connectivity index (χ2n) is 7.25. The normalized spacial score (nSPS) is 21.7. The van der Waals surface area contributed by atoms with Crippen LogP contribution in [0.25, 0.3) is 0 Å². The summed E-state index contributed by atoms with van der Waals surface area (Å²) in [5.74, 6) is 0.820. The van der Waals surface area contributed by atoms with Crippen molar-refractivity contribution in [1.82, 2.24) is 24.5 Å². The van der Waals surface area contributed by atoms with Gasteiger partial charge in [-0.2, -0.15) is 10.2 Å². The first-order valence-electron chi connectivity index (χ1n) is 9.00. The van der Waals surface area contributed by atoms with Gasteiger partial charge in [-0.15, -0.1) is 0 Å². The van der Waals surface area contributed by atoms with Gasteiger partial charge in [-0.05, 0) is 38.2 Å². The van der Waals surface area contributed by atoms with E-state index in [-0.39, 0.29) is 0 Å². The van der Waals surface area contributed by atoms with Crippen molar-refractivity contribution in [1.29, 1.82) is 0 Å². The molecule has 2 aromatic rings. The fourth-order valence-corrected chi connectivity index (χ4v) is 3.43. The Bertz CT molecular complexity index is 687. The molecule has 0 saturated heterocycles. The Hall–Kier alpha value is -1.66. The first-order chi connectivity index (χ1) is 11.7. The smallest absolute Gasteiger partial charge is 0.0622 e. The predicted molar refractivity (Wildman–Crippen MR) is 91.4 cm³/mol. The predicted octanol–water partition coefficient (Wildman–Crippen LogP) is 2.13. The van der Waals surface area contributed by atoms with Crippen molar-refractivity contribution in [2.24, 2.45) is 13.0 Å². The van der Waals surface area contributed by atoms with E-state index >= 15 is 0 Å². The summed E-state index contributed by atoms with van der Waals surface area (Å²) in [5.41, 5.74) is 3.84. The number of nitrogens with zero attached hydrogens (tertiary/aromatic N) is 5. The minimum atomic E-state index is 0.435. The van der Waals surface area contributed by atoms with Gasteiger partial charge in [0.25, 0.3) is 0 Å². The molecule has 0 aromatic carbocycles. The third kappa shape index (κ3) is 3.39. The summed E-state index contributed by atoms with van der Waals surface area (Å²) >= 11 is 0. The van der Waals surface area contributed by atoms with Gasteiger partial charge in [0, 0.05) is 56.8 Å². The molecule has 1 fully saturated rings. The van der Waals surface area contributed by atoms with Crippen LogP contribution in [0.1, 0.15) is 36.2 Å². The monoisotopic (exact) mass is 329 g/mol. The number of rotatable bonds is 6. The highest BCUT2D eigenvalue weighted by Crippen LogP contribution is 2.29. The summed E-state index contributed by atoms with van der Waals surface area (Å²) in [6, 6.07) is 2.57. The van der Waals surface area contributed by atoms with Gasteiger partial charge < -0.3 is 4.74 Å². The molecule has 0 amide bonds. The molecule has 1 aliphatic heterocycles. The first-order valence-corrected chi connectivity index (χ1v) is 9.00. The van der Waals surface area contributed by atoms with Crippen LogP contribution < -0.4 is 0 Å². The lowest BCUT2D eigenvalue weighted by Crippen LogP contribution is -2.37. The van der Waals surface area contributed by atoms with Gasteiger partial charge in [-0.1, -0.05) is 0 Å². The van der Waals surface area contributed by atoms with Crippen LogP contribution in [-0.4, -0.2) is 43.7 Å². The second-order valence-corrected chi connectivity index (χ2v) is 7.25. The Morgan fingerprint density at radius 1 is 1.21 bits per heavy atom. The molecule has 2 aliphatic rings. The molecule has 0 bridgehead atoms. The lowest BCUT2D eigenvalue weighted by molar-refractivity contribution is 0.0449. The summed E-state index contributed by atoms with van der Waals surface area (Å²) < 4.78 is 10.1. The molecule has 4 rings (SSSR count). The number of aromatic nitrogens is 4.